The van der Waals surface area contributed by atoms with Crippen LogP contribution in [0.25, 0.3) is 0 Å². The monoisotopic (exact) mass is 229 g/mol. The minimum absolute atomic E-state index is 0.00171. The van der Waals surface area contributed by atoms with Crippen molar-refractivity contribution in [1.82, 2.24) is 14.7 Å². The molecule has 1 saturated heterocycles. The molecule has 0 aliphatic carbocycles. The molecule has 0 bridgehead atoms. The average molecular weight is 229 g/mol. The van der Waals surface area contributed by atoms with Crippen molar-refractivity contribution in [2.45, 2.75) is 6.04 Å². The van der Waals surface area contributed by atoms with Gasteiger partial charge in [-0.2, -0.15) is 0 Å². The Morgan fingerprint density at radius 1 is 1.56 bits per heavy atom. The summed E-state index contributed by atoms with van der Waals surface area (Å²) in [5, 5.41) is 9.00. The van der Waals surface area contributed by atoms with Crippen molar-refractivity contribution in [3.8, 4) is 0 Å². The highest BCUT2D eigenvalue weighted by Gasteiger charge is 2.33. The van der Waals surface area contributed by atoms with Crippen LogP contribution in [0, 0.1) is 0 Å². The Hall–Kier alpha value is -1.14. The maximum atomic E-state index is 11.7. The van der Waals surface area contributed by atoms with Gasteiger partial charge < -0.3 is 14.9 Å². The SMILES string of the molecule is CN(C)CCN1CC(C(=O)O)N(C)CC1=O. The first-order valence-electron chi connectivity index (χ1n) is 5.27. The number of carbonyl (C=O) groups is 2. The van der Waals surface area contributed by atoms with Gasteiger partial charge in [-0.1, -0.05) is 0 Å². The van der Waals surface area contributed by atoms with Crippen LogP contribution in [0.2, 0.25) is 0 Å². The van der Waals surface area contributed by atoms with Gasteiger partial charge >= 0.3 is 5.97 Å². The number of piperazine rings is 1. The summed E-state index contributed by atoms with van der Waals surface area (Å²) in [6.45, 7) is 1.80. The molecule has 6 nitrogen and oxygen atoms in total. The van der Waals surface area contributed by atoms with Gasteiger partial charge in [0.25, 0.3) is 0 Å². The van der Waals surface area contributed by atoms with E-state index < -0.39 is 12.0 Å². The van der Waals surface area contributed by atoms with Crippen molar-refractivity contribution in [2.24, 2.45) is 0 Å². The van der Waals surface area contributed by atoms with E-state index in [1.165, 1.54) is 0 Å². The summed E-state index contributed by atoms with van der Waals surface area (Å²) in [5.74, 6) is -0.869. The Kier molecular flexibility index (Phi) is 4.26. The van der Waals surface area contributed by atoms with E-state index in [1.807, 2.05) is 19.0 Å². The average Bonchev–Trinajstić information content (AvgIpc) is 2.15. The fourth-order valence-corrected chi connectivity index (χ4v) is 1.68. The number of nitrogens with zero attached hydrogens (tertiary/aromatic N) is 3. The van der Waals surface area contributed by atoms with Gasteiger partial charge in [0.15, 0.2) is 0 Å². The van der Waals surface area contributed by atoms with Gasteiger partial charge in [-0.25, -0.2) is 0 Å². The van der Waals surface area contributed by atoms with Crippen molar-refractivity contribution >= 4 is 11.9 Å². The quantitative estimate of drug-likeness (QED) is 0.654. The van der Waals surface area contributed by atoms with E-state index in [9.17, 15) is 9.59 Å². The molecule has 1 rings (SSSR count). The van der Waals surface area contributed by atoms with Crippen molar-refractivity contribution in [3.63, 3.8) is 0 Å². The lowest BCUT2D eigenvalue weighted by atomic mass is 10.1. The molecular formula is C10H19N3O3. The summed E-state index contributed by atoms with van der Waals surface area (Å²) in [4.78, 5) is 27.8. The number of rotatable bonds is 4. The smallest absolute Gasteiger partial charge is 0.322 e. The zero-order chi connectivity index (χ0) is 12.3. The number of carboxylic acid groups (broad SMARTS) is 1. The first-order valence-corrected chi connectivity index (χ1v) is 5.27. The van der Waals surface area contributed by atoms with Crippen LogP contribution in [0.4, 0.5) is 0 Å². The lowest BCUT2D eigenvalue weighted by Gasteiger charge is -2.37. The fraction of sp³-hybridized carbons (Fsp3) is 0.800. The first kappa shape index (κ1) is 12.9. The second kappa shape index (κ2) is 5.27. The van der Waals surface area contributed by atoms with Crippen LogP contribution in [0.1, 0.15) is 0 Å². The third-order valence-electron chi connectivity index (χ3n) is 2.76. The molecule has 0 spiro atoms. The third-order valence-corrected chi connectivity index (χ3v) is 2.76. The lowest BCUT2D eigenvalue weighted by Crippen LogP contribution is -2.58. The van der Waals surface area contributed by atoms with E-state index in [0.29, 0.717) is 6.54 Å². The van der Waals surface area contributed by atoms with Crippen LogP contribution < -0.4 is 0 Å². The Balaban J connectivity index is 2.57. The Morgan fingerprint density at radius 3 is 2.69 bits per heavy atom. The van der Waals surface area contributed by atoms with E-state index in [4.69, 9.17) is 5.11 Å². The Morgan fingerprint density at radius 2 is 2.19 bits per heavy atom. The Bertz CT molecular complexity index is 280. The van der Waals surface area contributed by atoms with Gasteiger partial charge in [-0.3, -0.25) is 14.5 Å². The van der Waals surface area contributed by atoms with Crippen LogP contribution >= 0.6 is 0 Å². The van der Waals surface area contributed by atoms with Gasteiger partial charge in [0, 0.05) is 19.6 Å². The number of likely N-dealkylation sites (N-methyl/N-ethyl adjacent to an activating group) is 2. The number of aliphatic carboxylic acids is 1. The van der Waals surface area contributed by atoms with Crippen molar-refractivity contribution in [3.05, 3.63) is 0 Å². The lowest BCUT2D eigenvalue weighted by molar-refractivity contribution is -0.150. The van der Waals surface area contributed by atoms with Crippen LogP contribution in [0.3, 0.4) is 0 Å². The number of hydrogen-bond donors (Lipinski definition) is 1. The molecule has 1 atom stereocenters. The summed E-state index contributed by atoms with van der Waals surface area (Å²) in [5.41, 5.74) is 0. The topological polar surface area (TPSA) is 64.1 Å². The predicted molar refractivity (Wildman–Crippen MR) is 59.2 cm³/mol. The summed E-state index contributed by atoms with van der Waals surface area (Å²) < 4.78 is 0. The van der Waals surface area contributed by atoms with Crippen LogP contribution in [0.5, 0.6) is 0 Å². The van der Waals surface area contributed by atoms with Crippen LogP contribution in [-0.4, -0.2) is 85.0 Å². The van der Waals surface area contributed by atoms with Crippen LogP contribution in [-0.2, 0) is 9.59 Å². The minimum Gasteiger partial charge on any atom is -0.480 e. The van der Waals surface area contributed by atoms with Gasteiger partial charge in [-0.05, 0) is 21.1 Å². The van der Waals surface area contributed by atoms with Crippen LogP contribution in [0.15, 0.2) is 0 Å². The van der Waals surface area contributed by atoms with E-state index in [-0.39, 0.29) is 19.0 Å². The van der Waals surface area contributed by atoms with Gasteiger partial charge in [0.1, 0.15) is 6.04 Å². The van der Waals surface area contributed by atoms with Crippen molar-refractivity contribution in [1.29, 1.82) is 0 Å². The highest BCUT2D eigenvalue weighted by molar-refractivity contribution is 5.83. The number of carboxylic acids is 1. The second-order valence-corrected chi connectivity index (χ2v) is 4.41. The predicted octanol–water partition coefficient (Wildman–Crippen LogP) is -1.22. The molecule has 1 N–H and O–H groups in total. The molecule has 16 heavy (non-hydrogen) atoms. The largest absolute Gasteiger partial charge is 0.480 e. The fourth-order valence-electron chi connectivity index (χ4n) is 1.68. The molecule has 0 aromatic rings. The summed E-state index contributed by atoms with van der Waals surface area (Å²) in [7, 11) is 5.52. The molecule has 1 aliphatic rings. The second-order valence-electron chi connectivity index (χ2n) is 4.41. The molecule has 0 aromatic carbocycles. The zero-order valence-electron chi connectivity index (χ0n) is 10.0. The van der Waals surface area contributed by atoms with E-state index >= 15 is 0 Å². The molecule has 0 radical (unpaired) electrons. The molecule has 1 heterocycles. The van der Waals surface area contributed by atoms with E-state index in [2.05, 4.69) is 0 Å². The molecule has 0 saturated carbocycles. The molecule has 6 heteroatoms. The van der Waals surface area contributed by atoms with E-state index in [0.717, 1.165) is 6.54 Å². The normalized spacial score (nSPS) is 22.9. The minimum atomic E-state index is -0.871. The molecule has 1 aliphatic heterocycles. The molecule has 1 amide bonds. The molecular weight excluding hydrogens is 210 g/mol. The summed E-state index contributed by atoms with van der Waals surface area (Å²) >= 11 is 0. The highest BCUT2D eigenvalue weighted by Crippen LogP contribution is 2.08. The number of hydrogen-bond acceptors (Lipinski definition) is 4. The summed E-state index contributed by atoms with van der Waals surface area (Å²) in [6, 6.07) is -0.583. The highest BCUT2D eigenvalue weighted by atomic mass is 16.4. The van der Waals surface area contributed by atoms with Crippen molar-refractivity contribution in [2.75, 3.05) is 47.3 Å². The number of carbonyl (C=O) groups excluding carboxylic acids is 1. The molecule has 1 unspecified atom stereocenters. The first-order chi connectivity index (χ1) is 7.41. The van der Waals surface area contributed by atoms with Gasteiger partial charge in [-0.15, -0.1) is 0 Å². The number of amides is 1. The van der Waals surface area contributed by atoms with Gasteiger partial charge in [0.05, 0.1) is 6.54 Å². The molecule has 0 aromatic heterocycles. The summed E-state index contributed by atoms with van der Waals surface area (Å²) in [6.07, 6.45) is 0. The molecule has 92 valence electrons. The molecule has 1 fully saturated rings. The van der Waals surface area contributed by atoms with Gasteiger partial charge in [0.2, 0.25) is 5.91 Å². The third kappa shape index (κ3) is 3.18. The zero-order valence-corrected chi connectivity index (χ0v) is 10.0. The Labute approximate surface area is 95.4 Å². The van der Waals surface area contributed by atoms with E-state index in [1.54, 1.807) is 16.8 Å². The maximum absolute atomic E-state index is 11.7. The standard InChI is InChI=1S/C10H19N3O3/c1-11(2)4-5-13-6-8(10(15)16)12(3)7-9(13)14/h8H,4-7H2,1-3H3,(H,15,16). The van der Waals surface area contributed by atoms with Crippen molar-refractivity contribution < 1.29 is 14.7 Å². The maximum Gasteiger partial charge on any atom is 0.322 e.